The van der Waals surface area contributed by atoms with Gasteiger partial charge in [0.15, 0.2) is 0 Å². The molecule has 112 valence electrons. The number of hydrogen-bond acceptors (Lipinski definition) is 3. The third-order valence-electron chi connectivity index (χ3n) is 4.45. The highest BCUT2D eigenvalue weighted by Gasteiger charge is 2.36. The van der Waals surface area contributed by atoms with Crippen LogP contribution in [0.4, 0.5) is 5.88 Å². The molecule has 1 fully saturated rings. The molecule has 0 spiro atoms. The number of hydrogen-bond donors (Lipinski definition) is 1. The Morgan fingerprint density at radius 1 is 1.19 bits per heavy atom. The zero-order valence-electron chi connectivity index (χ0n) is 12.0. The number of nitrogens with two attached hydrogens (primary N) is 1. The van der Waals surface area contributed by atoms with Gasteiger partial charge < -0.3 is 10.3 Å². The summed E-state index contributed by atoms with van der Waals surface area (Å²) >= 11 is 12.3. The van der Waals surface area contributed by atoms with Gasteiger partial charge in [-0.1, -0.05) is 60.6 Å². The third kappa shape index (κ3) is 2.65. The van der Waals surface area contributed by atoms with E-state index in [1.807, 2.05) is 12.1 Å². The van der Waals surface area contributed by atoms with Crippen molar-refractivity contribution in [2.75, 3.05) is 5.73 Å². The normalized spacial score (nSPS) is 17.9. The molecule has 0 atom stereocenters. The summed E-state index contributed by atoms with van der Waals surface area (Å²) in [6, 6.07) is 5.41. The Morgan fingerprint density at radius 2 is 1.90 bits per heavy atom. The van der Waals surface area contributed by atoms with Crippen molar-refractivity contribution in [2.45, 2.75) is 44.4 Å². The lowest BCUT2D eigenvalue weighted by Gasteiger charge is -2.32. The number of nitrogens with zero attached hydrogens (tertiary/aromatic N) is 1. The minimum atomic E-state index is -0.00231. The zero-order chi connectivity index (χ0) is 15.0. The third-order valence-corrected chi connectivity index (χ3v) is 5.00. The summed E-state index contributed by atoms with van der Waals surface area (Å²) in [7, 11) is 0. The molecule has 2 N–H and O–H groups in total. The number of halogens is 2. The van der Waals surface area contributed by atoms with E-state index < -0.39 is 0 Å². The lowest BCUT2D eigenvalue weighted by Crippen LogP contribution is -2.26. The van der Waals surface area contributed by atoms with Gasteiger partial charge in [0, 0.05) is 16.0 Å². The molecule has 0 bridgehead atoms. The van der Waals surface area contributed by atoms with E-state index in [4.69, 9.17) is 33.5 Å². The van der Waals surface area contributed by atoms with Crippen molar-refractivity contribution in [1.82, 2.24) is 5.16 Å². The Bertz CT molecular complexity index is 660. The minimum absolute atomic E-state index is 0.00231. The van der Waals surface area contributed by atoms with Crippen molar-refractivity contribution >= 4 is 29.1 Å². The molecule has 2 aromatic rings. The second-order valence-electron chi connectivity index (χ2n) is 6.02. The van der Waals surface area contributed by atoms with Crippen LogP contribution in [0.2, 0.25) is 10.0 Å². The van der Waals surface area contributed by atoms with Crippen LogP contribution in [-0.2, 0) is 5.41 Å². The number of aromatic nitrogens is 1. The average Bonchev–Trinajstić information content (AvgIpc) is 2.82. The van der Waals surface area contributed by atoms with E-state index in [0.717, 1.165) is 29.7 Å². The largest absolute Gasteiger partial charge is 0.367 e. The molecule has 0 unspecified atom stereocenters. The first-order valence-electron chi connectivity index (χ1n) is 7.22. The number of benzene rings is 1. The topological polar surface area (TPSA) is 52.0 Å². The molecule has 1 saturated carbocycles. The molecule has 0 aliphatic heterocycles. The molecule has 1 aliphatic rings. The van der Waals surface area contributed by atoms with Gasteiger partial charge in [0.05, 0.1) is 16.3 Å². The summed E-state index contributed by atoms with van der Waals surface area (Å²) in [5.74, 6) is 0.320. The van der Waals surface area contributed by atoms with E-state index in [1.165, 1.54) is 19.3 Å². The summed E-state index contributed by atoms with van der Waals surface area (Å²) < 4.78 is 5.29. The van der Waals surface area contributed by atoms with Gasteiger partial charge >= 0.3 is 0 Å². The quantitative estimate of drug-likeness (QED) is 0.798. The summed E-state index contributed by atoms with van der Waals surface area (Å²) in [5.41, 5.74) is 8.60. The highest BCUT2D eigenvalue weighted by molar-refractivity contribution is 6.36. The molecular formula is C16H18Cl2N2O. The first kappa shape index (κ1) is 14.7. The Balaban J connectivity index is 2.13. The van der Waals surface area contributed by atoms with Gasteiger partial charge in [-0.05, 0) is 25.0 Å². The van der Waals surface area contributed by atoms with Gasteiger partial charge in [-0.15, -0.1) is 0 Å². The maximum atomic E-state index is 6.34. The maximum absolute atomic E-state index is 6.34. The monoisotopic (exact) mass is 324 g/mol. The Labute approximate surface area is 134 Å². The Morgan fingerprint density at radius 3 is 2.57 bits per heavy atom. The molecule has 21 heavy (non-hydrogen) atoms. The number of nitrogen functional groups attached to an aromatic ring is 1. The fourth-order valence-corrected chi connectivity index (χ4v) is 3.74. The molecule has 0 radical (unpaired) electrons. The second-order valence-corrected chi connectivity index (χ2v) is 6.86. The fourth-order valence-electron chi connectivity index (χ4n) is 3.24. The molecule has 1 aromatic carbocycles. The first-order valence-corrected chi connectivity index (χ1v) is 7.98. The summed E-state index contributed by atoms with van der Waals surface area (Å²) in [6.07, 6.45) is 5.88. The van der Waals surface area contributed by atoms with Crippen LogP contribution >= 0.6 is 23.2 Å². The van der Waals surface area contributed by atoms with Crippen molar-refractivity contribution in [2.24, 2.45) is 0 Å². The van der Waals surface area contributed by atoms with Crippen LogP contribution < -0.4 is 5.73 Å². The molecular weight excluding hydrogens is 307 g/mol. The van der Waals surface area contributed by atoms with Gasteiger partial charge in [0.2, 0.25) is 5.88 Å². The van der Waals surface area contributed by atoms with E-state index >= 15 is 0 Å². The Kier molecular flexibility index (Phi) is 3.89. The lowest BCUT2D eigenvalue weighted by atomic mass is 9.72. The lowest BCUT2D eigenvalue weighted by molar-refractivity contribution is 0.295. The average molecular weight is 325 g/mol. The van der Waals surface area contributed by atoms with Crippen LogP contribution in [0, 0.1) is 0 Å². The second kappa shape index (κ2) is 5.54. The molecule has 1 aliphatic carbocycles. The molecule has 1 aromatic heterocycles. The van der Waals surface area contributed by atoms with Gasteiger partial charge in [-0.3, -0.25) is 0 Å². The van der Waals surface area contributed by atoms with Gasteiger partial charge in [0.1, 0.15) is 0 Å². The predicted molar refractivity (Wildman–Crippen MR) is 86.8 cm³/mol. The van der Waals surface area contributed by atoms with Crippen molar-refractivity contribution < 1.29 is 4.52 Å². The highest BCUT2D eigenvalue weighted by atomic mass is 35.5. The molecule has 3 nitrogen and oxygen atoms in total. The van der Waals surface area contributed by atoms with Crippen molar-refractivity contribution in [1.29, 1.82) is 0 Å². The van der Waals surface area contributed by atoms with Crippen LogP contribution in [0.3, 0.4) is 0 Å². The van der Waals surface area contributed by atoms with Crippen LogP contribution in [0.1, 0.15) is 44.7 Å². The van der Waals surface area contributed by atoms with Crippen molar-refractivity contribution in [3.05, 3.63) is 33.9 Å². The van der Waals surface area contributed by atoms with E-state index in [2.05, 4.69) is 12.1 Å². The van der Waals surface area contributed by atoms with E-state index in [0.29, 0.717) is 15.9 Å². The first-order chi connectivity index (χ1) is 10.0. The molecule has 3 rings (SSSR count). The molecule has 0 saturated heterocycles. The van der Waals surface area contributed by atoms with Crippen LogP contribution in [-0.4, -0.2) is 5.16 Å². The minimum Gasteiger partial charge on any atom is -0.367 e. The van der Waals surface area contributed by atoms with Crippen LogP contribution in [0.15, 0.2) is 22.7 Å². The highest BCUT2D eigenvalue weighted by Crippen LogP contribution is 2.46. The summed E-state index contributed by atoms with van der Waals surface area (Å²) in [5, 5.41) is 5.43. The number of rotatable bonds is 2. The summed E-state index contributed by atoms with van der Waals surface area (Å²) in [6.45, 7) is 2.23. The van der Waals surface area contributed by atoms with Crippen LogP contribution in [0.5, 0.6) is 0 Å². The van der Waals surface area contributed by atoms with Gasteiger partial charge in [0.25, 0.3) is 0 Å². The van der Waals surface area contributed by atoms with Crippen LogP contribution in [0.25, 0.3) is 11.1 Å². The van der Waals surface area contributed by atoms with Crippen molar-refractivity contribution in [3.63, 3.8) is 0 Å². The number of anilines is 1. The van der Waals surface area contributed by atoms with E-state index in [9.17, 15) is 0 Å². The standard InChI is InChI=1S/C16H18Cl2N2O/c1-16(7-3-2-4-8-16)14-13(15(19)21-20-14)11-6-5-10(17)9-12(11)18/h5-6,9H,2-4,7-8,19H2,1H3. The van der Waals surface area contributed by atoms with Gasteiger partial charge in [-0.25, -0.2) is 0 Å². The molecule has 0 amide bonds. The van der Waals surface area contributed by atoms with E-state index in [1.54, 1.807) is 6.07 Å². The SMILES string of the molecule is CC1(c2noc(N)c2-c2ccc(Cl)cc2Cl)CCCCC1. The molecule has 5 heteroatoms. The van der Waals surface area contributed by atoms with E-state index in [-0.39, 0.29) is 5.41 Å². The maximum Gasteiger partial charge on any atom is 0.230 e. The smallest absolute Gasteiger partial charge is 0.230 e. The Hall–Kier alpha value is -1.19. The molecule has 1 heterocycles. The summed E-state index contributed by atoms with van der Waals surface area (Å²) in [4.78, 5) is 0. The van der Waals surface area contributed by atoms with Gasteiger partial charge in [-0.2, -0.15) is 0 Å². The zero-order valence-corrected chi connectivity index (χ0v) is 13.5. The fraction of sp³-hybridized carbons (Fsp3) is 0.438. The van der Waals surface area contributed by atoms with Crippen molar-refractivity contribution in [3.8, 4) is 11.1 Å². The predicted octanol–water partition coefficient (Wildman–Crippen LogP) is 5.45.